The Bertz CT molecular complexity index is 462. The summed E-state index contributed by atoms with van der Waals surface area (Å²) in [7, 11) is 0. The van der Waals surface area contributed by atoms with E-state index in [0.29, 0.717) is 5.56 Å². The Labute approximate surface area is 104 Å². The minimum Gasteiger partial charge on any atom is -0.409 e. The molecule has 0 aromatic heterocycles. The molecule has 0 aliphatic rings. The molecule has 0 saturated carbocycles. The second kappa shape index (κ2) is 6.00. The average molecular weight is 253 g/mol. The lowest BCUT2D eigenvalue weighted by atomic mass is 10.1. The number of halogens is 1. The molecule has 2 atom stereocenters. The lowest BCUT2D eigenvalue weighted by Crippen LogP contribution is -2.38. The van der Waals surface area contributed by atoms with Gasteiger partial charge in [-0.15, -0.1) is 0 Å². The highest BCUT2D eigenvalue weighted by molar-refractivity contribution is 6.01. The summed E-state index contributed by atoms with van der Waals surface area (Å²) in [5.41, 5.74) is 5.98. The van der Waals surface area contributed by atoms with E-state index in [2.05, 4.69) is 10.5 Å². The number of nitrogens with two attached hydrogens (primary N) is 1. The van der Waals surface area contributed by atoms with Crippen molar-refractivity contribution >= 4 is 11.7 Å². The van der Waals surface area contributed by atoms with Gasteiger partial charge in [0.05, 0.1) is 12.0 Å². The van der Waals surface area contributed by atoms with E-state index in [0.717, 1.165) is 0 Å². The van der Waals surface area contributed by atoms with Crippen LogP contribution in [-0.4, -0.2) is 17.0 Å². The number of nitrogens with one attached hydrogen (secondary N) is 1. The highest BCUT2D eigenvalue weighted by atomic mass is 19.1. The maximum Gasteiger partial charge on any atom is 0.231 e. The van der Waals surface area contributed by atoms with Gasteiger partial charge in [0.2, 0.25) is 5.91 Å². The molecule has 6 heteroatoms. The van der Waals surface area contributed by atoms with Crippen LogP contribution >= 0.6 is 0 Å². The number of amides is 1. The molecule has 4 N–H and O–H groups in total. The zero-order valence-electron chi connectivity index (χ0n) is 10.2. The summed E-state index contributed by atoms with van der Waals surface area (Å²) < 4.78 is 13.0. The van der Waals surface area contributed by atoms with E-state index in [4.69, 9.17) is 10.9 Å². The molecule has 1 amide bonds. The zero-order chi connectivity index (χ0) is 13.7. The molecular formula is C12H16FN3O2. The van der Waals surface area contributed by atoms with E-state index < -0.39 is 5.92 Å². The van der Waals surface area contributed by atoms with Gasteiger partial charge in [0.25, 0.3) is 0 Å². The molecule has 0 heterocycles. The minimum atomic E-state index is -0.744. The first-order valence-corrected chi connectivity index (χ1v) is 5.49. The Morgan fingerprint density at radius 1 is 1.50 bits per heavy atom. The molecule has 0 aliphatic heterocycles. The number of carbonyl (C=O) groups is 1. The third-order valence-electron chi connectivity index (χ3n) is 2.66. The van der Waals surface area contributed by atoms with E-state index in [1.165, 1.54) is 19.1 Å². The molecule has 1 aromatic carbocycles. The van der Waals surface area contributed by atoms with Gasteiger partial charge in [-0.25, -0.2) is 4.39 Å². The van der Waals surface area contributed by atoms with Crippen molar-refractivity contribution in [3.63, 3.8) is 0 Å². The summed E-state index contributed by atoms with van der Waals surface area (Å²) in [5.74, 6) is -1.66. The number of benzene rings is 1. The maximum absolute atomic E-state index is 13.0. The Kier molecular flexibility index (Phi) is 4.65. The lowest BCUT2D eigenvalue weighted by Gasteiger charge is -2.17. The maximum atomic E-state index is 13.0. The smallest absolute Gasteiger partial charge is 0.231 e. The number of hydrogen-bond acceptors (Lipinski definition) is 3. The van der Waals surface area contributed by atoms with Gasteiger partial charge in [0.1, 0.15) is 5.82 Å². The van der Waals surface area contributed by atoms with Crippen LogP contribution in [0.25, 0.3) is 0 Å². The van der Waals surface area contributed by atoms with Crippen molar-refractivity contribution in [2.75, 3.05) is 0 Å². The van der Waals surface area contributed by atoms with Crippen LogP contribution < -0.4 is 11.1 Å². The van der Waals surface area contributed by atoms with E-state index >= 15 is 0 Å². The van der Waals surface area contributed by atoms with Gasteiger partial charge in [-0.3, -0.25) is 4.79 Å². The van der Waals surface area contributed by atoms with E-state index in [9.17, 15) is 9.18 Å². The van der Waals surface area contributed by atoms with Crippen molar-refractivity contribution in [2.24, 2.45) is 16.8 Å². The van der Waals surface area contributed by atoms with E-state index in [1.807, 2.05) is 0 Å². The van der Waals surface area contributed by atoms with Crippen molar-refractivity contribution in [3.05, 3.63) is 35.6 Å². The Balaban J connectivity index is 2.71. The fourth-order valence-corrected chi connectivity index (χ4v) is 1.42. The molecule has 0 saturated heterocycles. The Morgan fingerprint density at radius 3 is 2.72 bits per heavy atom. The van der Waals surface area contributed by atoms with Crippen LogP contribution in [0.15, 0.2) is 29.4 Å². The first kappa shape index (κ1) is 14.0. The number of nitrogens with zero attached hydrogens (tertiary/aromatic N) is 1. The molecular weight excluding hydrogens is 237 g/mol. The molecule has 0 fully saturated rings. The Morgan fingerprint density at radius 2 is 2.17 bits per heavy atom. The normalized spacial score (nSPS) is 14.9. The molecule has 98 valence electrons. The van der Waals surface area contributed by atoms with Crippen molar-refractivity contribution in [1.29, 1.82) is 0 Å². The van der Waals surface area contributed by atoms with Crippen molar-refractivity contribution in [2.45, 2.75) is 19.9 Å². The average Bonchev–Trinajstić information content (AvgIpc) is 2.36. The van der Waals surface area contributed by atoms with Crippen LogP contribution in [0.1, 0.15) is 25.5 Å². The molecule has 1 rings (SSSR count). The van der Waals surface area contributed by atoms with Crippen LogP contribution in [0.4, 0.5) is 4.39 Å². The molecule has 0 radical (unpaired) electrons. The fourth-order valence-electron chi connectivity index (χ4n) is 1.42. The molecule has 0 spiro atoms. The minimum absolute atomic E-state index is 0.168. The summed E-state index contributed by atoms with van der Waals surface area (Å²) in [5, 5.41) is 13.9. The summed E-state index contributed by atoms with van der Waals surface area (Å²) in [6.45, 7) is 3.24. The summed E-state index contributed by atoms with van der Waals surface area (Å²) in [6, 6.07) is 5.60. The van der Waals surface area contributed by atoms with Gasteiger partial charge in [0, 0.05) is 0 Å². The van der Waals surface area contributed by atoms with Gasteiger partial charge in [0.15, 0.2) is 5.84 Å². The van der Waals surface area contributed by atoms with Gasteiger partial charge < -0.3 is 16.3 Å². The lowest BCUT2D eigenvalue weighted by molar-refractivity contribution is -0.123. The topological polar surface area (TPSA) is 87.7 Å². The van der Waals surface area contributed by atoms with E-state index in [1.54, 1.807) is 19.1 Å². The Hall–Kier alpha value is -2.11. The predicted molar refractivity (Wildman–Crippen MR) is 65.5 cm³/mol. The van der Waals surface area contributed by atoms with E-state index in [-0.39, 0.29) is 23.6 Å². The second-order valence-corrected chi connectivity index (χ2v) is 4.03. The van der Waals surface area contributed by atoms with Crippen LogP contribution in [0.3, 0.4) is 0 Å². The van der Waals surface area contributed by atoms with Crippen LogP contribution in [-0.2, 0) is 4.79 Å². The molecule has 5 nitrogen and oxygen atoms in total. The summed E-state index contributed by atoms with van der Waals surface area (Å²) in [6.07, 6.45) is 0. The quantitative estimate of drug-likeness (QED) is 0.328. The molecule has 2 unspecified atom stereocenters. The SMILES string of the molecule is CC(C(=O)NC(C)c1cccc(F)c1)C(N)=NO. The van der Waals surface area contributed by atoms with Gasteiger partial charge in [-0.05, 0) is 31.5 Å². The summed E-state index contributed by atoms with van der Waals surface area (Å²) >= 11 is 0. The van der Waals surface area contributed by atoms with Crippen LogP contribution in [0.5, 0.6) is 0 Å². The third-order valence-corrected chi connectivity index (χ3v) is 2.66. The standard InChI is InChI=1S/C12H16FN3O2/c1-7(11(14)16-18)12(17)15-8(2)9-4-3-5-10(13)6-9/h3-8,18H,1-2H3,(H2,14,16)(H,15,17). The molecule has 0 bridgehead atoms. The van der Waals surface area contributed by atoms with Crippen molar-refractivity contribution in [1.82, 2.24) is 5.32 Å². The highest BCUT2D eigenvalue weighted by Gasteiger charge is 2.19. The van der Waals surface area contributed by atoms with Gasteiger partial charge in [-0.1, -0.05) is 17.3 Å². The number of oxime groups is 1. The van der Waals surface area contributed by atoms with Crippen LogP contribution in [0, 0.1) is 11.7 Å². The monoisotopic (exact) mass is 253 g/mol. The predicted octanol–water partition coefficient (Wildman–Crippen LogP) is 1.39. The van der Waals surface area contributed by atoms with Gasteiger partial charge >= 0.3 is 0 Å². The largest absolute Gasteiger partial charge is 0.409 e. The van der Waals surface area contributed by atoms with Gasteiger partial charge in [-0.2, -0.15) is 0 Å². The van der Waals surface area contributed by atoms with Crippen LogP contribution in [0.2, 0.25) is 0 Å². The third kappa shape index (κ3) is 3.44. The van der Waals surface area contributed by atoms with Crippen molar-refractivity contribution in [3.8, 4) is 0 Å². The summed E-state index contributed by atoms with van der Waals surface area (Å²) in [4.78, 5) is 11.7. The number of hydrogen-bond donors (Lipinski definition) is 3. The molecule has 1 aromatic rings. The fraction of sp³-hybridized carbons (Fsp3) is 0.333. The number of rotatable bonds is 4. The molecule has 18 heavy (non-hydrogen) atoms. The number of carbonyl (C=O) groups excluding carboxylic acids is 1. The number of amidine groups is 1. The van der Waals surface area contributed by atoms with Crippen molar-refractivity contribution < 1.29 is 14.4 Å². The zero-order valence-corrected chi connectivity index (χ0v) is 10.2. The second-order valence-electron chi connectivity index (χ2n) is 4.03. The first-order chi connectivity index (χ1) is 8.45. The first-order valence-electron chi connectivity index (χ1n) is 5.49. The molecule has 0 aliphatic carbocycles. The highest BCUT2D eigenvalue weighted by Crippen LogP contribution is 2.14.